The van der Waals surface area contributed by atoms with Gasteiger partial charge in [-0.1, -0.05) is 29.8 Å². The molecule has 0 atom stereocenters. The second-order valence-corrected chi connectivity index (χ2v) is 9.61. The molecule has 1 aromatic rings. The van der Waals surface area contributed by atoms with Gasteiger partial charge < -0.3 is 10.2 Å². The maximum atomic E-state index is 12.3. The van der Waals surface area contributed by atoms with Crippen LogP contribution in [0.1, 0.15) is 20.3 Å². The number of sulfone groups is 1. The Morgan fingerprint density at radius 3 is 2.52 bits per heavy atom. The molecule has 0 bridgehead atoms. The van der Waals surface area contributed by atoms with Crippen LogP contribution in [0, 0.1) is 5.41 Å². The number of aliphatic imine (C=N–C) groups is 1. The lowest BCUT2D eigenvalue weighted by Gasteiger charge is -2.23. The van der Waals surface area contributed by atoms with Crippen molar-refractivity contribution in [3.05, 3.63) is 28.7 Å². The molecular formula is C16H24BrN3O2S. The molecule has 1 aliphatic heterocycles. The van der Waals surface area contributed by atoms with Gasteiger partial charge in [0, 0.05) is 31.2 Å². The maximum absolute atomic E-state index is 12.3. The zero-order valence-corrected chi connectivity index (χ0v) is 16.2. The Labute approximate surface area is 147 Å². The number of guanidine groups is 1. The zero-order valence-electron chi connectivity index (χ0n) is 13.8. The standard InChI is InChI=1S/C16H24BrN3O2S/c1-16(2)8-10-20(12-16)15(18-3)19-9-11-23(21,22)14-6-4-13(17)5-7-14/h4-7H,8-12H2,1-3H3,(H,18,19). The van der Waals surface area contributed by atoms with Crippen LogP contribution in [0.15, 0.2) is 38.6 Å². The highest BCUT2D eigenvalue weighted by Crippen LogP contribution is 2.28. The van der Waals surface area contributed by atoms with Gasteiger partial charge in [-0.15, -0.1) is 0 Å². The summed E-state index contributed by atoms with van der Waals surface area (Å²) in [6.45, 7) is 6.71. The average Bonchev–Trinajstić information content (AvgIpc) is 2.84. The van der Waals surface area contributed by atoms with E-state index in [0.29, 0.717) is 11.4 Å². The Hall–Kier alpha value is -1.08. The summed E-state index contributed by atoms with van der Waals surface area (Å²) in [6.07, 6.45) is 1.12. The third kappa shape index (κ3) is 4.94. The van der Waals surface area contributed by atoms with Crippen molar-refractivity contribution in [2.45, 2.75) is 25.2 Å². The number of benzene rings is 1. The quantitative estimate of drug-likeness (QED) is 0.621. The molecule has 7 heteroatoms. The van der Waals surface area contributed by atoms with E-state index in [4.69, 9.17) is 0 Å². The summed E-state index contributed by atoms with van der Waals surface area (Å²) in [4.78, 5) is 6.80. The Morgan fingerprint density at radius 1 is 1.35 bits per heavy atom. The van der Waals surface area contributed by atoms with Gasteiger partial charge in [0.15, 0.2) is 15.8 Å². The minimum absolute atomic E-state index is 0.0465. The number of hydrogen-bond acceptors (Lipinski definition) is 3. The normalized spacial score (nSPS) is 18.3. The highest BCUT2D eigenvalue weighted by molar-refractivity contribution is 9.10. The summed E-state index contributed by atoms with van der Waals surface area (Å²) >= 11 is 3.31. The maximum Gasteiger partial charge on any atom is 0.193 e. The molecule has 1 aliphatic rings. The molecule has 0 unspecified atom stereocenters. The minimum Gasteiger partial charge on any atom is -0.355 e. The molecular weight excluding hydrogens is 378 g/mol. The summed E-state index contributed by atoms with van der Waals surface area (Å²) in [5.41, 5.74) is 0.279. The first kappa shape index (κ1) is 18.3. The number of hydrogen-bond donors (Lipinski definition) is 1. The highest BCUT2D eigenvalue weighted by atomic mass is 79.9. The number of halogens is 1. The fourth-order valence-electron chi connectivity index (χ4n) is 2.68. The van der Waals surface area contributed by atoms with Crippen LogP contribution in [-0.4, -0.2) is 51.7 Å². The van der Waals surface area contributed by atoms with Crippen LogP contribution in [0.5, 0.6) is 0 Å². The first-order chi connectivity index (χ1) is 10.7. The van der Waals surface area contributed by atoms with Crippen LogP contribution < -0.4 is 5.32 Å². The van der Waals surface area contributed by atoms with Gasteiger partial charge >= 0.3 is 0 Å². The van der Waals surface area contributed by atoms with Crippen LogP contribution >= 0.6 is 15.9 Å². The molecule has 1 N–H and O–H groups in total. The van der Waals surface area contributed by atoms with Gasteiger partial charge in [-0.05, 0) is 36.1 Å². The second-order valence-electron chi connectivity index (χ2n) is 6.58. The van der Waals surface area contributed by atoms with Crippen molar-refractivity contribution >= 4 is 31.7 Å². The van der Waals surface area contributed by atoms with E-state index in [1.807, 2.05) is 0 Å². The summed E-state index contributed by atoms with van der Waals surface area (Å²) in [6, 6.07) is 6.73. The van der Waals surface area contributed by atoms with E-state index in [1.165, 1.54) is 0 Å². The summed E-state index contributed by atoms with van der Waals surface area (Å²) in [5, 5.41) is 3.17. The Kier molecular flexibility index (Phi) is 5.73. The monoisotopic (exact) mass is 401 g/mol. The molecule has 5 nitrogen and oxygen atoms in total. The SMILES string of the molecule is CN=C(NCCS(=O)(=O)c1ccc(Br)cc1)N1CCC(C)(C)C1. The summed E-state index contributed by atoms with van der Waals surface area (Å²) in [5.74, 6) is 0.826. The number of likely N-dealkylation sites (tertiary alicyclic amines) is 1. The van der Waals surface area contributed by atoms with E-state index in [-0.39, 0.29) is 11.2 Å². The third-order valence-electron chi connectivity index (χ3n) is 4.02. The van der Waals surface area contributed by atoms with E-state index in [2.05, 4.69) is 45.0 Å². The molecule has 0 amide bonds. The second kappa shape index (κ2) is 7.21. The van der Waals surface area contributed by atoms with Gasteiger partial charge in [-0.2, -0.15) is 0 Å². The van der Waals surface area contributed by atoms with Crippen molar-refractivity contribution in [1.29, 1.82) is 0 Å². The molecule has 0 aromatic heterocycles. The molecule has 1 fully saturated rings. The minimum atomic E-state index is -3.28. The van der Waals surface area contributed by atoms with Crippen molar-refractivity contribution in [2.24, 2.45) is 10.4 Å². The Bertz CT molecular complexity index is 669. The fourth-order valence-corrected chi connectivity index (χ4v) is 4.10. The van der Waals surface area contributed by atoms with Crippen molar-refractivity contribution in [2.75, 3.05) is 32.4 Å². The van der Waals surface area contributed by atoms with E-state index in [0.717, 1.165) is 29.9 Å². The zero-order chi connectivity index (χ0) is 17.1. The molecule has 0 saturated carbocycles. The van der Waals surface area contributed by atoms with Crippen LogP contribution in [0.25, 0.3) is 0 Å². The van der Waals surface area contributed by atoms with E-state index in [9.17, 15) is 8.42 Å². The van der Waals surface area contributed by atoms with Gasteiger partial charge in [0.2, 0.25) is 0 Å². The molecule has 1 heterocycles. The molecule has 0 aliphatic carbocycles. The Morgan fingerprint density at radius 2 is 2.00 bits per heavy atom. The van der Waals surface area contributed by atoms with Crippen LogP contribution in [0.2, 0.25) is 0 Å². The van der Waals surface area contributed by atoms with E-state index >= 15 is 0 Å². The lowest BCUT2D eigenvalue weighted by atomic mass is 9.93. The molecule has 1 saturated heterocycles. The predicted octanol–water partition coefficient (Wildman–Crippen LogP) is 2.53. The van der Waals surface area contributed by atoms with Gasteiger partial charge in [-0.25, -0.2) is 8.42 Å². The first-order valence-corrected chi connectivity index (χ1v) is 10.1. The van der Waals surface area contributed by atoms with Crippen LogP contribution in [0.4, 0.5) is 0 Å². The predicted molar refractivity (Wildman–Crippen MR) is 97.5 cm³/mol. The van der Waals surface area contributed by atoms with Gasteiger partial charge in [0.25, 0.3) is 0 Å². The van der Waals surface area contributed by atoms with Crippen molar-refractivity contribution in [1.82, 2.24) is 10.2 Å². The number of nitrogens with zero attached hydrogens (tertiary/aromatic N) is 2. The molecule has 1 aromatic carbocycles. The van der Waals surface area contributed by atoms with Gasteiger partial charge in [0.05, 0.1) is 10.6 Å². The van der Waals surface area contributed by atoms with E-state index in [1.54, 1.807) is 31.3 Å². The largest absolute Gasteiger partial charge is 0.355 e. The van der Waals surface area contributed by atoms with Crippen molar-refractivity contribution in [3.8, 4) is 0 Å². The molecule has 23 heavy (non-hydrogen) atoms. The topological polar surface area (TPSA) is 61.8 Å². The van der Waals surface area contributed by atoms with Gasteiger partial charge in [0.1, 0.15) is 0 Å². The molecule has 128 valence electrons. The van der Waals surface area contributed by atoms with Crippen LogP contribution in [0.3, 0.4) is 0 Å². The number of rotatable bonds is 4. The fraction of sp³-hybridized carbons (Fsp3) is 0.562. The third-order valence-corrected chi connectivity index (χ3v) is 6.28. The Balaban J connectivity index is 1.92. The number of nitrogens with one attached hydrogen (secondary N) is 1. The van der Waals surface area contributed by atoms with Crippen molar-refractivity contribution in [3.63, 3.8) is 0 Å². The van der Waals surface area contributed by atoms with E-state index < -0.39 is 9.84 Å². The lowest BCUT2D eigenvalue weighted by molar-refractivity contribution is 0.370. The molecule has 0 spiro atoms. The van der Waals surface area contributed by atoms with Crippen molar-refractivity contribution < 1.29 is 8.42 Å². The average molecular weight is 402 g/mol. The summed E-state index contributed by atoms with van der Waals surface area (Å²) in [7, 11) is -1.55. The van der Waals surface area contributed by atoms with Crippen LogP contribution in [-0.2, 0) is 9.84 Å². The highest BCUT2D eigenvalue weighted by Gasteiger charge is 2.30. The first-order valence-electron chi connectivity index (χ1n) is 7.67. The van der Waals surface area contributed by atoms with Gasteiger partial charge in [-0.3, -0.25) is 4.99 Å². The molecule has 0 radical (unpaired) electrons. The smallest absolute Gasteiger partial charge is 0.193 e. The summed E-state index contributed by atoms with van der Waals surface area (Å²) < 4.78 is 25.5. The molecule has 2 rings (SSSR count). The lowest BCUT2D eigenvalue weighted by Crippen LogP contribution is -2.42.